The van der Waals surface area contributed by atoms with Gasteiger partial charge in [0.25, 0.3) is 5.91 Å². The zero-order valence-electron chi connectivity index (χ0n) is 15.9. The first-order valence-electron chi connectivity index (χ1n) is 9.50. The SMILES string of the molecule is O=C(NCc1ccc(-n2ccnc2)cc1)c1ccc(S(=O)(=O)N2CCCC2)cc1. The number of aromatic nitrogens is 2. The number of nitrogens with zero attached hydrogens (tertiary/aromatic N) is 3. The second kappa shape index (κ2) is 8.18. The van der Waals surface area contributed by atoms with Crippen LogP contribution in [0.3, 0.4) is 0 Å². The molecular formula is C21H22N4O3S. The van der Waals surface area contributed by atoms with Gasteiger partial charge in [0.05, 0.1) is 11.2 Å². The van der Waals surface area contributed by atoms with Gasteiger partial charge in [-0.25, -0.2) is 13.4 Å². The number of hydrogen-bond donors (Lipinski definition) is 1. The molecule has 2 heterocycles. The molecule has 0 bridgehead atoms. The Morgan fingerprint density at radius 2 is 1.69 bits per heavy atom. The summed E-state index contributed by atoms with van der Waals surface area (Å²) in [6.07, 6.45) is 7.09. The van der Waals surface area contributed by atoms with Crippen LogP contribution in [0.1, 0.15) is 28.8 Å². The Balaban J connectivity index is 1.37. The molecule has 3 aromatic rings. The molecule has 8 heteroatoms. The molecule has 1 saturated heterocycles. The van der Waals surface area contributed by atoms with Gasteiger partial charge >= 0.3 is 0 Å². The maximum atomic E-state index is 12.6. The van der Waals surface area contributed by atoms with E-state index in [1.165, 1.54) is 16.4 Å². The van der Waals surface area contributed by atoms with Crippen molar-refractivity contribution in [1.82, 2.24) is 19.2 Å². The van der Waals surface area contributed by atoms with Gasteiger partial charge in [-0.15, -0.1) is 0 Å². The van der Waals surface area contributed by atoms with Gasteiger partial charge in [-0.3, -0.25) is 4.79 Å². The molecule has 0 atom stereocenters. The van der Waals surface area contributed by atoms with Crippen LogP contribution in [-0.2, 0) is 16.6 Å². The molecule has 1 fully saturated rings. The van der Waals surface area contributed by atoms with E-state index in [-0.39, 0.29) is 10.8 Å². The lowest BCUT2D eigenvalue weighted by Gasteiger charge is -2.15. The van der Waals surface area contributed by atoms with Crippen molar-refractivity contribution in [2.45, 2.75) is 24.3 Å². The highest BCUT2D eigenvalue weighted by molar-refractivity contribution is 7.89. The van der Waals surface area contributed by atoms with E-state index in [0.29, 0.717) is 25.2 Å². The summed E-state index contributed by atoms with van der Waals surface area (Å²) in [5, 5.41) is 2.86. The van der Waals surface area contributed by atoms with E-state index in [9.17, 15) is 13.2 Å². The average Bonchev–Trinajstić information content (AvgIpc) is 3.47. The molecule has 0 aliphatic carbocycles. The fraction of sp³-hybridized carbons (Fsp3) is 0.238. The van der Waals surface area contributed by atoms with Gasteiger partial charge in [0.2, 0.25) is 10.0 Å². The normalized spacial score (nSPS) is 14.8. The largest absolute Gasteiger partial charge is 0.348 e. The number of hydrogen-bond acceptors (Lipinski definition) is 4. The van der Waals surface area contributed by atoms with Gasteiger partial charge in [0, 0.05) is 43.3 Å². The number of benzene rings is 2. The smallest absolute Gasteiger partial charge is 0.251 e. The highest BCUT2D eigenvalue weighted by atomic mass is 32.2. The summed E-state index contributed by atoms with van der Waals surface area (Å²) in [6.45, 7) is 1.51. The first-order valence-corrected chi connectivity index (χ1v) is 10.9. The molecule has 1 aliphatic rings. The Labute approximate surface area is 170 Å². The van der Waals surface area contributed by atoms with E-state index in [1.54, 1.807) is 24.7 Å². The van der Waals surface area contributed by atoms with Crippen molar-refractivity contribution in [2.75, 3.05) is 13.1 Å². The lowest BCUT2D eigenvalue weighted by molar-refractivity contribution is 0.0951. The molecule has 1 aromatic heterocycles. The summed E-state index contributed by atoms with van der Waals surface area (Å²) in [6, 6.07) is 13.9. The first kappa shape index (κ1) is 19.4. The summed E-state index contributed by atoms with van der Waals surface area (Å²) < 4.78 is 28.5. The minimum absolute atomic E-state index is 0.228. The minimum Gasteiger partial charge on any atom is -0.348 e. The molecule has 1 N–H and O–H groups in total. The van der Waals surface area contributed by atoms with Crippen LogP contribution in [0, 0.1) is 0 Å². The Morgan fingerprint density at radius 1 is 1.00 bits per heavy atom. The quantitative estimate of drug-likeness (QED) is 0.677. The molecule has 4 rings (SSSR count). The van der Waals surface area contributed by atoms with Crippen LogP contribution < -0.4 is 5.32 Å². The molecular weight excluding hydrogens is 388 g/mol. The molecule has 0 unspecified atom stereocenters. The van der Waals surface area contributed by atoms with E-state index in [1.807, 2.05) is 35.0 Å². The molecule has 0 spiro atoms. The number of imidazole rings is 1. The molecule has 1 aliphatic heterocycles. The molecule has 1 amide bonds. The van der Waals surface area contributed by atoms with E-state index >= 15 is 0 Å². The summed E-state index contributed by atoms with van der Waals surface area (Å²) >= 11 is 0. The van der Waals surface area contributed by atoms with Gasteiger partial charge in [0.1, 0.15) is 0 Å². The Kier molecular flexibility index (Phi) is 5.46. The third-order valence-electron chi connectivity index (χ3n) is 5.01. The summed E-state index contributed by atoms with van der Waals surface area (Å²) in [5.41, 5.74) is 2.39. The zero-order valence-corrected chi connectivity index (χ0v) is 16.7. The van der Waals surface area contributed by atoms with E-state index < -0.39 is 10.0 Å². The highest BCUT2D eigenvalue weighted by Crippen LogP contribution is 2.21. The van der Waals surface area contributed by atoms with Crippen molar-refractivity contribution in [1.29, 1.82) is 0 Å². The van der Waals surface area contributed by atoms with Gasteiger partial charge in [-0.1, -0.05) is 12.1 Å². The fourth-order valence-electron chi connectivity index (χ4n) is 3.34. The number of amides is 1. The average molecular weight is 410 g/mol. The number of carbonyl (C=O) groups is 1. The highest BCUT2D eigenvalue weighted by Gasteiger charge is 2.27. The Morgan fingerprint density at radius 3 is 2.31 bits per heavy atom. The zero-order chi connectivity index (χ0) is 20.3. The number of carbonyl (C=O) groups excluding carboxylic acids is 1. The van der Waals surface area contributed by atoms with Gasteiger partial charge in [-0.05, 0) is 54.8 Å². The Hall–Kier alpha value is -2.97. The summed E-state index contributed by atoms with van der Waals surface area (Å²) in [7, 11) is -3.46. The van der Waals surface area contributed by atoms with Crippen molar-refractivity contribution < 1.29 is 13.2 Å². The van der Waals surface area contributed by atoms with Crippen LogP contribution in [0.4, 0.5) is 0 Å². The Bertz CT molecular complexity index is 1070. The fourth-order valence-corrected chi connectivity index (χ4v) is 4.86. The van der Waals surface area contributed by atoms with E-state index in [4.69, 9.17) is 0 Å². The molecule has 0 saturated carbocycles. The monoisotopic (exact) mass is 410 g/mol. The van der Waals surface area contributed by atoms with Crippen molar-refractivity contribution in [3.8, 4) is 5.69 Å². The van der Waals surface area contributed by atoms with Crippen molar-refractivity contribution in [3.05, 3.63) is 78.4 Å². The standard InChI is InChI=1S/C21H22N4O3S/c26-21(23-15-17-3-7-19(8-4-17)24-14-11-22-16-24)18-5-9-20(10-6-18)29(27,28)25-12-1-2-13-25/h3-11,14,16H,1-2,12-13,15H2,(H,23,26). The molecule has 2 aromatic carbocycles. The molecule has 29 heavy (non-hydrogen) atoms. The van der Waals surface area contributed by atoms with Crippen molar-refractivity contribution in [3.63, 3.8) is 0 Å². The van der Waals surface area contributed by atoms with Crippen LogP contribution in [-0.4, -0.2) is 41.3 Å². The predicted molar refractivity (Wildman–Crippen MR) is 109 cm³/mol. The van der Waals surface area contributed by atoms with Crippen LogP contribution in [0.15, 0.2) is 72.1 Å². The van der Waals surface area contributed by atoms with Gasteiger partial charge in [0.15, 0.2) is 0 Å². The van der Waals surface area contributed by atoms with Crippen LogP contribution in [0.5, 0.6) is 0 Å². The van der Waals surface area contributed by atoms with Crippen molar-refractivity contribution in [2.24, 2.45) is 0 Å². The second-order valence-electron chi connectivity index (χ2n) is 6.95. The van der Waals surface area contributed by atoms with E-state index in [0.717, 1.165) is 24.1 Å². The van der Waals surface area contributed by atoms with E-state index in [2.05, 4.69) is 10.3 Å². The number of nitrogens with one attached hydrogen (secondary N) is 1. The minimum atomic E-state index is -3.46. The van der Waals surface area contributed by atoms with Crippen LogP contribution >= 0.6 is 0 Å². The lowest BCUT2D eigenvalue weighted by Crippen LogP contribution is -2.28. The predicted octanol–water partition coefficient (Wildman–Crippen LogP) is 2.59. The third-order valence-corrected chi connectivity index (χ3v) is 6.92. The number of sulfonamides is 1. The summed E-state index contributed by atoms with van der Waals surface area (Å²) in [5.74, 6) is -0.242. The number of rotatable bonds is 6. The lowest BCUT2D eigenvalue weighted by atomic mass is 10.2. The summed E-state index contributed by atoms with van der Waals surface area (Å²) in [4.78, 5) is 16.7. The molecule has 7 nitrogen and oxygen atoms in total. The molecule has 0 radical (unpaired) electrons. The first-order chi connectivity index (χ1) is 14.0. The topological polar surface area (TPSA) is 84.3 Å². The maximum absolute atomic E-state index is 12.6. The third kappa shape index (κ3) is 4.23. The molecule has 150 valence electrons. The van der Waals surface area contributed by atoms with Gasteiger partial charge in [-0.2, -0.15) is 4.31 Å². The van der Waals surface area contributed by atoms with Crippen LogP contribution in [0.25, 0.3) is 5.69 Å². The second-order valence-corrected chi connectivity index (χ2v) is 8.89. The van der Waals surface area contributed by atoms with Gasteiger partial charge < -0.3 is 9.88 Å². The maximum Gasteiger partial charge on any atom is 0.251 e. The van der Waals surface area contributed by atoms with Crippen molar-refractivity contribution >= 4 is 15.9 Å². The van der Waals surface area contributed by atoms with Crippen LogP contribution in [0.2, 0.25) is 0 Å².